The molecular weight excluding hydrogens is 316 g/mol. The second-order valence-electron chi connectivity index (χ2n) is 8.01. The van der Waals surface area contributed by atoms with E-state index in [1.165, 1.54) is 57.4 Å². The molecule has 5 rings (SSSR count). The van der Waals surface area contributed by atoms with E-state index in [1.54, 1.807) is 0 Å². The Morgan fingerprint density at radius 1 is 1.08 bits per heavy atom. The molecule has 2 atom stereocenters. The predicted octanol–water partition coefficient (Wildman–Crippen LogP) is 2.46. The average Bonchev–Trinajstić information content (AvgIpc) is 3.42. The maximum absolute atomic E-state index is 10.6. The lowest BCUT2D eigenvalue weighted by Crippen LogP contribution is -2.44. The van der Waals surface area contributed by atoms with Crippen molar-refractivity contribution < 1.29 is 14.6 Å². The van der Waals surface area contributed by atoms with Gasteiger partial charge in [-0.25, -0.2) is 4.79 Å². The average molecular weight is 344 g/mol. The van der Waals surface area contributed by atoms with E-state index in [4.69, 9.17) is 9.84 Å². The van der Waals surface area contributed by atoms with Gasteiger partial charge in [-0.3, -0.25) is 9.80 Å². The quantitative estimate of drug-likeness (QED) is 0.823. The Bertz CT molecular complexity index is 599. The van der Waals surface area contributed by atoms with Gasteiger partial charge in [0.1, 0.15) is 5.75 Å². The second-order valence-corrected chi connectivity index (χ2v) is 8.01. The molecule has 0 aromatic heterocycles. The van der Waals surface area contributed by atoms with E-state index in [9.17, 15) is 4.79 Å². The van der Waals surface area contributed by atoms with Gasteiger partial charge in [-0.05, 0) is 55.2 Å². The van der Waals surface area contributed by atoms with Crippen LogP contribution in [0.3, 0.4) is 0 Å². The zero-order chi connectivity index (χ0) is 17.2. The number of piperidine rings is 1. The standard InChI is InChI=1S/C20H28N2O3/c23-20(24)14-25-19-7-4-15(5-8-19)9-21-10-17-3-6-18(13-21)22(12-17)11-16-1-2-16/h4-5,7-8,16-18H,1-3,6,9-14H2,(H,23,24)/t17-,18+/m1/s1. The van der Waals surface area contributed by atoms with Crippen LogP contribution in [0, 0.1) is 11.8 Å². The molecule has 3 aliphatic heterocycles. The first-order chi connectivity index (χ1) is 12.2. The Labute approximate surface area is 149 Å². The molecule has 2 bridgehead atoms. The summed E-state index contributed by atoms with van der Waals surface area (Å²) in [6.07, 6.45) is 5.61. The van der Waals surface area contributed by atoms with Gasteiger partial charge in [0.2, 0.25) is 0 Å². The molecule has 5 heteroatoms. The Balaban J connectivity index is 1.33. The van der Waals surface area contributed by atoms with Gasteiger partial charge < -0.3 is 9.84 Å². The van der Waals surface area contributed by atoms with Gasteiger partial charge in [-0.2, -0.15) is 0 Å². The van der Waals surface area contributed by atoms with Crippen molar-refractivity contribution in [3.63, 3.8) is 0 Å². The van der Waals surface area contributed by atoms with Crippen LogP contribution in [0.4, 0.5) is 0 Å². The number of ether oxygens (including phenoxy) is 1. The number of carboxylic acids is 1. The summed E-state index contributed by atoms with van der Waals surface area (Å²) in [7, 11) is 0. The third-order valence-corrected chi connectivity index (χ3v) is 5.78. The number of rotatable bonds is 7. The van der Waals surface area contributed by atoms with Crippen LogP contribution in [0.15, 0.2) is 24.3 Å². The zero-order valence-corrected chi connectivity index (χ0v) is 14.8. The fourth-order valence-corrected chi connectivity index (χ4v) is 4.36. The molecule has 0 unspecified atom stereocenters. The number of hydrogen-bond donors (Lipinski definition) is 1. The molecule has 136 valence electrons. The summed E-state index contributed by atoms with van der Waals surface area (Å²) in [5.74, 6) is 1.47. The number of carbonyl (C=O) groups is 1. The first-order valence-corrected chi connectivity index (χ1v) is 9.55. The van der Waals surface area contributed by atoms with Crippen LogP contribution in [-0.4, -0.2) is 59.7 Å². The van der Waals surface area contributed by atoms with Crippen molar-refractivity contribution in [2.75, 3.05) is 32.8 Å². The second kappa shape index (κ2) is 7.34. The Hall–Kier alpha value is -1.59. The van der Waals surface area contributed by atoms with Gasteiger partial charge in [0, 0.05) is 38.8 Å². The number of benzene rings is 1. The first-order valence-electron chi connectivity index (χ1n) is 9.55. The molecule has 0 amide bonds. The van der Waals surface area contributed by atoms with Crippen LogP contribution in [0.25, 0.3) is 0 Å². The summed E-state index contributed by atoms with van der Waals surface area (Å²) in [6, 6.07) is 8.61. The molecule has 1 aliphatic carbocycles. The molecule has 25 heavy (non-hydrogen) atoms. The van der Waals surface area contributed by atoms with Gasteiger partial charge in [-0.15, -0.1) is 0 Å². The lowest BCUT2D eigenvalue weighted by Gasteiger charge is -2.36. The van der Waals surface area contributed by atoms with Crippen LogP contribution < -0.4 is 4.74 Å². The highest BCUT2D eigenvalue weighted by atomic mass is 16.5. The molecule has 3 heterocycles. The summed E-state index contributed by atoms with van der Waals surface area (Å²) in [6.45, 7) is 5.69. The predicted molar refractivity (Wildman–Crippen MR) is 95.7 cm³/mol. The summed E-state index contributed by atoms with van der Waals surface area (Å²) < 4.78 is 5.21. The highest BCUT2D eigenvalue weighted by Crippen LogP contribution is 2.35. The Morgan fingerprint density at radius 3 is 2.60 bits per heavy atom. The number of nitrogens with zero attached hydrogens (tertiary/aromatic N) is 2. The fourth-order valence-electron chi connectivity index (χ4n) is 4.36. The summed E-state index contributed by atoms with van der Waals surface area (Å²) >= 11 is 0. The molecule has 3 saturated heterocycles. The van der Waals surface area contributed by atoms with Gasteiger partial charge in [0.15, 0.2) is 6.61 Å². The first kappa shape index (κ1) is 16.9. The molecule has 0 radical (unpaired) electrons. The van der Waals surface area contributed by atoms with Crippen LogP contribution in [0.1, 0.15) is 31.2 Å². The van der Waals surface area contributed by atoms with Gasteiger partial charge >= 0.3 is 5.97 Å². The lowest BCUT2D eigenvalue weighted by molar-refractivity contribution is -0.139. The van der Waals surface area contributed by atoms with E-state index in [0.717, 1.165) is 24.4 Å². The summed E-state index contributed by atoms with van der Waals surface area (Å²) in [5, 5.41) is 8.67. The molecule has 4 fully saturated rings. The zero-order valence-electron chi connectivity index (χ0n) is 14.8. The van der Waals surface area contributed by atoms with E-state index in [1.807, 2.05) is 12.1 Å². The van der Waals surface area contributed by atoms with Gasteiger partial charge in [0.05, 0.1) is 0 Å². The van der Waals surface area contributed by atoms with E-state index >= 15 is 0 Å². The SMILES string of the molecule is O=C(O)COc1ccc(CN2C[C@H]3CC[C@@H](C2)N(CC2CC2)C3)cc1. The minimum atomic E-state index is -0.945. The maximum atomic E-state index is 10.6. The van der Waals surface area contributed by atoms with Crippen molar-refractivity contribution in [3.05, 3.63) is 29.8 Å². The van der Waals surface area contributed by atoms with Crippen LogP contribution in [0.5, 0.6) is 5.75 Å². The highest BCUT2D eigenvalue weighted by Gasteiger charge is 2.37. The molecule has 1 saturated carbocycles. The van der Waals surface area contributed by atoms with Crippen molar-refractivity contribution in [2.45, 2.75) is 38.3 Å². The number of hydrogen-bond acceptors (Lipinski definition) is 4. The molecule has 5 nitrogen and oxygen atoms in total. The van der Waals surface area contributed by atoms with Gasteiger partial charge in [0.25, 0.3) is 0 Å². The van der Waals surface area contributed by atoms with Crippen LogP contribution in [0.2, 0.25) is 0 Å². The monoisotopic (exact) mass is 344 g/mol. The molecule has 1 N–H and O–H groups in total. The Morgan fingerprint density at radius 2 is 1.88 bits per heavy atom. The molecule has 4 aliphatic rings. The minimum absolute atomic E-state index is 0.286. The van der Waals surface area contributed by atoms with Crippen molar-refractivity contribution in [1.29, 1.82) is 0 Å². The molecule has 1 aromatic carbocycles. The smallest absolute Gasteiger partial charge is 0.341 e. The van der Waals surface area contributed by atoms with Crippen LogP contribution >= 0.6 is 0 Å². The van der Waals surface area contributed by atoms with Crippen molar-refractivity contribution in [2.24, 2.45) is 11.8 Å². The lowest BCUT2D eigenvalue weighted by atomic mass is 9.95. The topological polar surface area (TPSA) is 53.0 Å². The van der Waals surface area contributed by atoms with E-state index in [0.29, 0.717) is 5.75 Å². The van der Waals surface area contributed by atoms with Gasteiger partial charge in [-0.1, -0.05) is 12.1 Å². The van der Waals surface area contributed by atoms with Crippen molar-refractivity contribution in [1.82, 2.24) is 9.80 Å². The van der Waals surface area contributed by atoms with Crippen molar-refractivity contribution >= 4 is 5.97 Å². The molecule has 0 spiro atoms. The van der Waals surface area contributed by atoms with Crippen molar-refractivity contribution in [3.8, 4) is 5.75 Å². The summed E-state index contributed by atoms with van der Waals surface area (Å²) in [4.78, 5) is 15.9. The third-order valence-electron chi connectivity index (χ3n) is 5.78. The largest absolute Gasteiger partial charge is 0.482 e. The summed E-state index contributed by atoms with van der Waals surface area (Å²) in [5.41, 5.74) is 1.28. The minimum Gasteiger partial charge on any atom is -0.482 e. The molecule has 1 aromatic rings. The third kappa shape index (κ3) is 4.53. The highest BCUT2D eigenvalue weighted by molar-refractivity contribution is 5.68. The fraction of sp³-hybridized carbons (Fsp3) is 0.650. The van der Waals surface area contributed by atoms with E-state index in [2.05, 4.69) is 21.9 Å². The number of carboxylic acid groups (broad SMARTS) is 1. The normalized spacial score (nSPS) is 27.2. The van der Waals surface area contributed by atoms with E-state index in [-0.39, 0.29) is 6.61 Å². The maximum Gasteiger partial charge on any atom is 0.341 e. The Kier molecular flexibility index (Phi) is 4.95. The molecular formula is C20H28N2O3. The van der Waals surface area contributed by atoms with Crippen LogP contribution in [-0.2, 0) is 11.3 Å². The number of aliphatic carboxylic acids is 1. The van der Waals surface area contributed by atoms with E-state index < -0.39 is 5.97 Å². The number of fused-ring (bicyclic) bond motifs is 4.